The van der Waals surface area contributed by atoms with Crippen LogP contribution in [0.5, 0.6) is 5.75 Å². The van der Waals surface area contributed by atoms with Crippen LogP contribution < -0.4 is 15.0 Å². The van der Waals surface area contributed by atoms with Gasteiger partial charge in [-0.15, -0.1) is 0 Å². The van der Waals surface area contributed by atoms with E-state index in [1.54, 1.807) is 7.11 Å². The number of pyridine rings is 1. The highest BCUT2D eigenvalue weighted by molar-refractivity contribution is 5.61. The first-order valence-corrected chi connectivity index (χ1v) is 6.78. The van der Waals surface area contributed by atoms with Gasteiger partial charge in [0.2, 0.25) is 0 Å². The third kappa shape index (κ3) is 3.48. The molecule has 1 aromatic heterocycles. The Morgan fingerprint density at radius 2 is 2.10 bits per heavy atom. The third-order valence-corrected chi connectivity index (χ3v) is 3.17. The zero-order valence-corrected chi connectivity index (χ0v) is 12.3. The van der Waals surface area contributed by atoms with Crippen molar-refractivity contribution in [2.75, 3.05) is 25.6 Å². The normalized spacial score (nSPS) is 10.3. The molecule has 4 heteroatoms. The molecule has 20 heavy (non-hydrogen) atoms. The van der Waals surface area contributed by atoms with E-state index in [0.717, 1.165) is 30.3 Å². The van der Waals surface area contributed by atoms with Gasteiger partial charge < -0.3 is 15.0 Å². The maximum atomic E-state index is 5.26. The summed E-state index contributed by atoms with van der Waals surface area (Å²) in [5.41, 5.74) is 2.28. The number of methoxy groups -OCH3 is 1. The Labute approximate surface area is 120 Å². The third-order valence-electron chi connectivity index (χ3n) is 3.17. The lowest BCUT2D eigenvalue weighted by Gasteiger charge is -2.19. The van der Waals surface area contributed by atoms with Gasteiger partial charge in [0.05, 0.1) is 7.11 Å². The van der Waals surface area contributed by atoms with Crippen molar-refractivity contribution < 1.29 is 4.74 Å². The average Bonchev–Trinajstić information content (AvgIpc) is 2.52. The molecular weight excluding hydrogens is 250 g/mol. The van der Waals surface area contributed by atoms with E-state index < -0.39 is 0 Å². The zero-order valence-electron chi connectivity index (χ0n) is 12.3. The highest BCUT2D eigenvalue weighted by Gasteiger charge is 2.07. The molecule has 4 nitrogen and oxygen atoms in total. The number of rotatable bonds is 6. The second kappa shape index (κ2) is 6.91. The monoisotopic (exact) mass is 271 g/mol. The zero-order chi connectivity index (χ0) is 14.4. The molecule has 0 unspecified atom stereocenters. The van der Waals surface area contributed by atoms with Crippen LogP contribution in [-0.4, -0.2) is 25.7 Å². The molecule has 0 aliphatic heterocycles. The fourth-order valence-corrected chi connectivity index (χ4v) is 1.97. The van der Waals surface area contributed by atoms with E-state index in [1.807, 2.05) is 43.6 Å². The Kier molecular flexibility index (Phi) is 4.96. The molecule has 0 radical (unpaired) electrons. The first kappa shape index (κ1) is 14.3. The Balaban J connectivity index is 2.21. The molecule has 0 spiro atoms. The molecule has 0 fully saturated rings. The number of nitrogens with one attached hydrogen (secondary N) is 1. The molecule has 0 aliphatic rings. The van der Waals surface area contributed by atoms with E-state index in [4.69, 9.17) is 4.74 Å². The van der Waals surface area contributed by atoms with Gasteiger partial charge in [0.15, 0.2) is 0 Å². The van der Waals surface area contributed by atoms with E-state index in [-0.39, 0.29) is 0 Å². The summed E-state index contributed by atoms with van der Waals surface area (Å²) >= 11 is 0. The van der Waals surface area contributed by atoms with E-state index in [9.17, 15) is 0 Å². The number of anilines is 2. The van der Waals surface area contributed by atoms with E-state index in [0.29, 0.717) is 0 Å². The van der Waals surface area contributed by atoms with Crippen LogP contribution in [-0.2, 0) is 6.54 Å². The second-order valence-electron chi connectivity index (χ2n) is 4.56. The van der Waals surface area contributed by atoms with Crippen LogP contribution in [0.15, 0.2) is 42.6 Å². The molecule has 0 amide bonds. The minimum Gasteiger partial charge on any atom is -0.497 e. The van der Waals surface area contributed by atoms with Gasteiger partial charge >= 0.3 is 0 Å². The molecule has 1 N–H and O–H groups in total. The number of nitrogens with zero attached hydrogens (tertiary/aromatic N) is 2. The van der Waals surface area contributed by atoms with Gasteiger partial charge in [-0.2, -0.15) is 0 Å². The molecule has 0 saturated carbocycles. The summed E-state index contributed by atoms with van der Waals surface area (Å²) in [6.07, 6.45) is 1.85. The van der Waals surface area contributed by atoms with E-state index in [2.05, 4.69) is 28.2 Å². The fraction of sp³-hybridized carbons (Fsp3) is 0.312. The lowest BCUT2D eigenvalue weighted by atomic mass is 10.2. The number of hydrogen-bond acceptors (Lipinski definition) is 4. The van der Waals surface area contributed by atoms with Crippen molar-refractivity contribution in [3.8, 4) is 5.75 Å². The van der Waals surface area contributed by atoms with Gasteiger partial charge in [-0.3, -0.25) is 0 Å². The van der Waals surface area contributed by atoms with Crippen molar-refractivity contribution in [2.45, 2.75) is 13.5 Å². The van der Waals surface area contributed by atoms with Gasteiger partial charge in [-0.1, -0.05) is 13.0 Å². The van der Waals surface area contributed by atoms with Crippen molar-refractivity contribution in [3.05, 3.63) is 48.2 Å². The summed E-state index contributed by atoms with van der Waals surface area (Å²) < 4.78 is 5.26. The van der Waals surface area contributed by atoms with Crippen molar-refractivity contribution in [2.24, 2.45) is 0 Å². The summed E-state index contributed by atoms with van der Waals surface area (Å²) in [4.78, 5) is 6.49. The van der Waals surface area contributed by atoms with Crippen LogP contribution in [0.25, 0.3) is 0 Å². The Hall–Kier alpha value is -2.07. The number of hydrogen-bond donors (Lipinski definition) is 1. The van der Waals surface area contributed by atoms with Crippen LogP contribution in [0.1, 0.15) is 12.5 Å². The number of ether oxygens (including phenoxy) is 1. The summed E-state index contributed by atoms with van der Waals surface area (Å²) in [6.45, 7) is 3.92. The molecule has 1 heterocycles. The quantitative estimate of drug-likeness (QED) is 0.876. The molecule has 0 saturated heterocycles. The average molecular weight is 271 g/mol. The van der Waals surface area contributed by atoms with Crippen molar-refractivity contribution in [1.82, 2.24) is 10.3 Å². The predicted octanol–water partition coefficient (Wildman–Crippen LogP) is 2.97. The van der Waals surface area contributed by atoms with Crippen LogP contribution in [0.4, 0.5) is 11.5 Å². The van der Waals surface area contributed by atoms with Crippen LogP contribution in [0.3, 0.4) is 0 Å². The Bertz CT molecular complexity index is 557. The Morgan fingerprint density at radius 1 is 1.25 bits per heavy atom. The van der Waals surface area contributed by atoms with Crippen molar-refractivity contribution >= 4 is 11.5 Å². The number of aromatic nitrogens is 1. The van der Waals surface area contributed by atoms with Crippen molar-refractivity contribution in [3.63, 3.8) is 0 Å². The molecule has 1 aromatic carbocycles. The molecule has 2 rings (SSSR count). The van der Waals surface area contributed by atoms with Gasteiger partial charge in [0.25, 0.3) is 0 Å². The van der Waals surface area contributed by atoms with E-state index in [1.165, 1.54) is 5.56 Å². The first-order valence-electron chi connectivity index (χ1n) is 6.78. The summed E-state index contributed by atoms with van der Waals surface area (Å²) in [7, 11) is 3.68. The Morgan fingerprint density at radius 3 is 2.85 bits per heavy atom. The first-order chi connectivity index (χ1) is 9.74. The standard InChI is InChI=1S/C16H21N3O/c1-4-17-12-13-8-9-18-16(10-13)19(2)14-6-5-7-15(11-14)20-3/h5-11,17H,4,12H2,1-3H3. The second-order valence-corrected chi connectivity index (χ2v) is 4.56. The lowest BCUT2D eigenvalue weighted by Crippen LogP contribution is -2.14. The lowest BCUT2D eigenvalue weighted by molar-refractivity contribution is 0.415. The maximum absolute atomic E-state index is 5.26. The van der Waals surface area contributed by atoms with Crippen molar-refractivity contribution in [1.29, 1.82) is 0 Å². The van der Waals surface area contributed by atoms with Crippen LogP contribution >= 0.6 is 0 Å². The smallest absolute Gasteiger partial charge is 0.132 e. The topological polar surface area (TPSA) is 37.4 Å². The van der Waals surface area contributed by atoms with E-state index >= 15 is 0 Å². The van der Waals surface area contributed by atoms with Crippen LogP contribution in [0.2, 0.25) is 0 Å². The largest absolute Gasteiger partial charge is 0.497 e. The van der Waals surface area contributed by atoms with Gasteiger partial charge in [0, 0.05) is 31.5 Å². The maximum Gasteiger partial charge on any atom is 0.132 e. The molecule has 2 aromatic rings. The van der Waals surface area contributed by atoms with Crippen LogP contribution in [0, 0.1) is 0 Å². The fourth-order valence-electron chi connectivity index (χ4n) is 1.97. The minimum atomic E-state index is 0.846. The molecule has 0 aliphatic carbocycles. The molecular formula is C16H21N3O. The van der Waals surface area contributed by atoms with Gasteiger partial charge in [-0.25, -0.2) is 4.98 Å². The molecule has 106 valence electrons. The predicted molar refractivity (Wildman–Crippen MR) is 82.7 cm³/mol. The molecule has 0 bridgehead atoms. The molecule has 0 atom stereocenters. The summed E-state index contributed by atoms with van der Waals surface area (Å²) in [5.74, 6) is 1.77. The SMILES string of the molecule is CCNCc1ccnc(N(C)c2cccc(OC)c2)c1. The summed E-state index contributed by atoms with van der Waals surface area (Å²) in [6, 6.07) is 12.1. The van der Waals surface area contributed by atoms with Gasteiger partial charge in [-0.05, 0) is 36.4 Å². The summed E-state index contributed by atoms with van der Waals surface area (Å²) in [5, 5.41) is 3.32. The highest BCUT2D eigenvalue weighted by atomic mass is 16.5. The minimum absolute atomic E-state index is 0.846. The number of benzene rings is 1. The highest BCUT2D eigenvalue weighted by Crippen LogP contribution is 2.25. The van der Waals surface area contributed by atoms with Gasteiger partial charge in [0.1, 0.15) is 11.6 Å².